The summed E-state index contributed by atoms with van der Waals surface area (Å²) >= 11 is 12.2. The van der Waals surface area contributed by atoms with Crippen LogP contribution >= 0.6 is 35.6 Å². The van der Waals surface area contributed by atoms with Crippen LogP contribution in [0.2, 0.25) is 5.02 Å². The molecule has 0 aromatic heterocycles. The first-order valence-electron chi connectivity index (χ1n) is 4.97. The molecular formula is C11H6ClNO3S2. The monoisotopic (exact) mass is 299 g/mol. The first-order chi connectivity index (χ1) is 8.63. The Morgan fingerprint density at radius 3 is 2.78 bits per heavy atom. The summed E-state index contributed by atoms with van der Waals surface area (Å²) in [6.07, 6.45) is 1.68. The van der Waals surface area contributed by atoms with Crippen molar-refractivity contribution in [1.82, 2.24) is 5.32 Å². The molecule has 2 aliphatic heterocycles. The molecule has 3 rings (SSSR count). The number of hydrogen-bond acceptors (Lipinski definition) is 5. The highest BCUT2D eigenvalue weighted by Crippen LogP contribution is 2.38. The third-order valence-electron chi connectivity index (χ3n) is 2.42. The van der Waals surface area contributed by atoms with Crippen molar-refractivity contribution in [3.63, 3.8) is 0 Å². The third-order valence-corrected chi connectivity index (χ3v) is 3.91. The summed E-state index contributed by atoms with van der Waals surface area (Å²) < 4.78 is 10.9. The van der Waals surface area contributed by atoms with Crippen molar-refractivity contribution >= 4 is 51.9 Å². The van der Waals surface area contributed by atoms with Crippen molar-refractivity contribution in [1.29, 1.82) is 0 Å². The van der Waals surface area contributed by atoms with Gasteiger partial charge in [-0.25, -0.2) is 0 Å². The number of benzene rings is 1. The molecule has 0 radical (unpaired) electrons. The van der Waals surface area contributed by atoms with Crippen LogP contribution in [0.1, 0.15) is 5.56 Å². The van der Waals surface area contributed by atoms with E-state index in [0.29, 0.717) is 31.3 Å². The molecule has 0 bridgehead atoms. The summed E-state index contributed by atoms with van der Waals surface area (Å²) in [5, 5.41) is 3.05. The van der Waals surface area contributed by atoms with E-state index in [9.17, 15) is 4.79 Å². The number of rotatable bonds is 1. The number of carbonyl (C=O) groups excluding carboxylic acids is 1. The molecule has 0 saturated carbocycles. The lowest BCUT2D eigenvalue weighted by molar-refractivity contribution is -0.115. The number of carbonyl (C=O) groups is 1. The average molecular weight is 300 g/mol. The summed E-state index contributed by atoms with van der Waals surface area (Å²) in [7, 11) is 0. The number of nitrogens with one attached hydrogen (secondary N) is 1. The molecule has 0 spiro atoms. The highest BCUT2D eigenvalue weighted by atomic mass is 35.5. The summed E-state index contributed by atoms with van der Waals surface area (Å²) in [6.45, 7) is 0.186. The van der Waals surface area contributed by atoms with E-state index < -0.39 is 0 Å². The first kappa shape index (κ1) is 11.8. The topological polar surface area (TPSA) is 47.6 Å². The maximum Gasteiger partial charge on any atom is 0.263 e. The van der Waals surface area contributed by atoms with Crippen molar-refractivity contribution < 1.29 is 14.3 Å². The second-order valence-electron chi connectivity index (χ2n) is 3.58. The number of thioether (sulfide) groups is 1. The summed E-state index contributed by atoms with van der Waals surface area (Å²) in [6, 6.07) is 3.42. The molecule has 0 aliphatic carbocycles. The molecule has 0 unspecified atom stereocenters. The van der Waals surface area contributed by atoms with Gasteiger partial charge in [-0.15, -0.1) is 0 Å². The quantitative estimate of drug-likeness (QED) is 0.638. The maximum atomic E-state index is 11.5. The van der Waals surface area contributed by atoms with Crippen molar-refractivity contribution in [2.24, 2.45) is 0 Å². The van der Waals surface area contributed by atoms with Gasteiger partial charge in [0.1, 0.15) is 4.32 Å². The zero-order valence-electron chi connectivity index (χ0n) is 8.86. The molecule has 1 amide bonds. The number of amides is 1. The number of halogens is 1. The SMILES string of the molecule is O=C1NC(=S)S/C1=C\c1cc2c(cc1Cl)OCO2. The Morgan fingerprint density at radius 1 is 1.39 bits per heavy atom. The van der Waals surface area contributed by atoms with Gasteiger partial charge in [0, 0.05) is 6.07 Å². The molecule has 1 aromatic carbocycles. The van der Waals surface area contributed by atoms with Crippen LogP contribution in [0.15, 0.2) is 17.0 Å². The second-order valence-corrected chi connectivity index (χ2v) is 5.71. The van der Waals surface area contributed by atoms with Gasteiger partial charge in [-0.1, -0.05) is 35.6 Å². The fourth-order valence-electron chi connectivity index (χ4n) is 1.61. The van der Waals surface area contributed by atoms with Crippen LogP contribution in [-0.4, -0.2) is 17.0 Å². The number of hydrogen-bond donors (Lipinski definition) is 1. The predicted molar refractivity (Wildman–Crippen MR) is 73.9 cm³/mol. The molecule has 4 nitrogen and oxygen atoms in total. The number of ether oxygens (including phenoxy) is 2. The number of fused-ring (bicyclic) bond motifs is 1. The molecule has 92 valence electrons. The first-order valence-corrected chi connectivity index (χ1v) is 6.58. The van der Waals surface area contributed by atoms with E-state index >= 15 is 0 Å². The zero-order chi connectivity index (χ0) is 12.7. The zero-order valence-corrected chi connectivity index (χ0v) is 11.2. The Hall–Kier alpha value is -1.24. The third kappa shape index (κ3) is 2.07. The standard InChI is InChI=1S/C11H6ClNO3S2/c12-6-3-8-7(15-4-16-8)1-5(6)2-9-10(14)13-11(17)18-9/h1-3H,4H2,(H,13,14,17)/b9-2-. The summed E-state index contributed by atoms with van der Waals surface area (Å²) in [5.41, 5.74) is 0.697. The molecule has 0 atom stereocenters. The van der Waals surface area contributed by atoms with Gasteiger partial charge in [0.05, 0.1) is 9.93 Å². The largest absolute Gasteiger partial charge is 0.454 e. The molecule has 1 aromatic rings. The number of thiocarbonyl (C=S) groups is 1. The Balaban J connectivity index is 2.00. The maximum absolute atomic E-state index is 11.5. The lowest BCUT2D eigenvalue weighted by Crippen LogP contribution is -2.17. The molecule has 1 N–H and O–H groups in total. The van der Waals surface area contributed by atoms with Crippen LogP contribution < -0.4 is 14.8 Å². The highest BCUT2D eigenvalue weighted by molar-refractivity contribution is 8.26. The smallest absolute Gasteiger partial charge is 0.263 e. The van der Waals surface area contributed by atoms with Gasteiger partial charge in [-0.05, 0) is 17.7 Å². The lowest BCUT2D eigenvalue weighted by atomic mass is 10.2. The van der Waals surface area contributed by atoms with E-state index in [-0.39, 0.29) is 12.7 Å². The minimum atomic E-state index is -0.210. The summed E-state index contributed by atoms with van der Waals surface area (Å²) in [4.78, 5) is 12.1. The predicted octanol–water partition coefficient (Wildman–Crippen LogP) is 2.56. The van der Waals surface area contributed by atoms with Gasteiger partial charge in [-0.2, -0.15) is 0 Å². The van der Waals surface area contributed by atoms with Gasteiger partial charge in [0.25, 0.3) is 5.91 Å². The van der Waals surface area contributed by atoms with E-state index in [0.717, 1.165) is 0 Å². The fourth-order valence-corrected chi connectivity index (χ4v) is 2.85. The summed E-state index contributed by atoms with van der Waals surface area (Å²) in [5.74, 6) is 1.03. The van der Waals surface area contributed by atoms with Crippen molar-refractivity contribution in [2.45, 2.75) is 0 Å². The van der Waals surface area contributed by atoms with Crippen LogP contribution in [0.3, 0.4) is 0 Å². The second kappa shape index (κ2) is 4.46. The van der Waals surface area contributed by atoms with Gasteiger partial charge >= 0.3 is 0 Å². The van der Waals surface area contributed by atoms with Crippen LogP contribution in [0.25, 0.3) is 6.08 Å². The van der Waals surface area contributed by atoms with Gasteiger partial charge in [-0.3, -0.25) is 4.79 Å². The fraction of sp³-hybridized carbons (Fsp3) is 0.0909. The van der Waals surface area contributed by atoms with E-state index in [1.165, 1.54) is 11.8 Å². The van der Waals surface area contributed by atoms with Crippen LogP contribution in [0.5, 0.6) is 11.5 Å². The van der Waals surface area contributed by atoms with Crippen molar-refractivity contribution in [2.75, 3.05) is 6.79 Å². The normalized spacial score (nSPS) is 19.5. The minimum absolute atomic E-state index is 0.186. The van der Waals surface area contributed by atoms with Crippen LogP contribution in [0, 0.1) is 0 Å². The molecule has 1 fully saturated rings. The van der Waals surface area contributed by atoms with Gasteiger partial charge in [0.2, 0.25) is 6.79 Å². The van der Waals surface area contributed by atoms with Crippen molar-refractivity contribution in [3.05, 3.63) is 27.6 Å². The lowest BCUT2D eigenvalue weighted by Gasteiger charge is -2.02. The van der Waals surface area contributed by atoms with Crippen LogP contribution in [0.4, 0.5) is 0 Å². The average Bonchev–Trinajstić information content (AvgIpc) is 2.86. The van der Waals surface area contributed by atoms with Crippen LogP contribution in [-0.2, 0) is 4.79 Å². The Labute approximate surface area is 117 Å². The van der Waals surface area contributed by atoms with Gasteiger partial charge < -0.3 is 14.8 Å². The Bertz CT molecular complexity index is 600. The van der Waals surface area contributed by atoms with E-state index in [2.05, 4.69) is 5.32 Å². The molecule has 1 saturated heterocycles. The Kier molecular flexibility index (Phi) is 2.93. The highest BCUT2D eigenvalue weighted by Gasteiger charge is 2.23. The van der Waals surface area contributed by atoms with Crippen molar-refractivity contribution in [3.8, 4) is 11.5 Å². The molecular weight excluding hydrogens is 294 g/mol. The van der Waals surface area contributed by atoms with E-state index in [1.54, 1.807) is 18.2 Å². The molecule has 18 heavy (non-hydrogen) atoms. The molecule has 2 heterocycles. The minimum Gasteiger partial charge on any atom is -0.454 e. The van der Waals surface area contributed by atoms with E-state index in [1.807, 2.05) is 0 Å². The van der Waals surface area contributed by atoms with E-state index in [4.69, 9.17) is 33.3 Å². The Morgan fingerprint density at radius 2 is 2.11 bits per heavy atom. The molecule has 2 aliphatic rings. The molecule has 7 heteroatoms. The van der Waals surface area contributed by atoms with Gasteiger partial charge in [0.15, 0.2) is 11.5 Å².